The molecular formula is C12H18O3. The Morgan fingerprint density at radius 2 is 1.93 bits per heavy atom. The molecule has 0 saturated heterocycles. The van der Waals surface area contributed by atoms with Crippen molar-refractivity contribution < 1.29 is 15.0 Å². The molecule has 3 rings (SSSR count). The predicted octanol–water partition coefficient (Wildman–Crippen LogP) is 1.36. The summed E-state index contributed by atoms with van der Waals surface area (Å²) in [7, 11) is 0. The third kappa shape index (κ3) is 1.19. The first-order chi connectivity index (χ1) is 7.22. The van der Waals surface area contributed by atoms with E-state index in [9.17, 15) is 15.0 Å². The molecule has 3 fully saturated rings. The number of hydrogen-bond donors (Lipinski definition) is 2. The van der Waals surface area contributed by atoms with Gasteiger partial charge in [0.25, 0.3) is 0 Å². The zero-order valence-electron chi connectivity index (χ0n) is 8.80. The lowest BCUT2D eigenvalue weighted by Crippen LogP contribution is -2.30. The molecule has 2 N–H and O–H groups in total. The first-order valence-corrected chi connectivity index (χ1v) is 6.06. The van der Waals surface area contributed by atoms with E-state index in [0.29, 0.717) is 17.8 Å². The number of fused-ring (bicyclic) bond motifs is 5. The van der Waals surface area contributed by atoms with Crippen LogP contribution < -0.4 is 0 Å². The number of aliphatic hydroxyl groups is 1. The van der Waals surface area contributed by atoms with E-state index in [4.69, 9.17) is 0 Å². The molecule has 3 heteroatoms. The van der Waals surface area contributed by atoms with Crippen molar-refractivity contribution in [1.29, 1.82) is 0 Å². The zero-order chi connectivity index (χ0) is 10.6. The first-order valence-electron chi connectivity index (χ1n) is 6.06. The van der Waals surface area contributed by atoms with E-state index in [-0.39, 0.29) is 18.4 Å². The van der Waals surface area contributed by atoms with Crippen LogP contribution in [0, 0.1) is 35.5 Å². The van der Waals surface area contributed by atoms with Gasteiger partial charge in [-0.1, -0.05) is 0 Å². The van der Waals surface area contributed by atoms with Gasteiger partial charge in [0.05, 0.1) is 5.92 Å². The van der Waals surface area contributed by atoms with E-state index in [1.165, 1.54) is 19.3 Å². The molecule has 3 nitrogen and oxygen atoms in total. The van der Waals surface area contributed by atoms with Crippen LogP contribution in [0.1, 0.15) is 25.7 Å². The van der Waals surface area contributed by atoms with Crippen molar-refractivity contribution in [3.05, 3.63) is 0 Å². The topological polar surface area (TPSA) is 57.5 Å². The Balaban J connectivity index is 1.89. The first kappa shape index (κ1) is 9.64. The molecule has 0 spiro atoms. The van der Waals surface area contributed by atoms with Crippen LogP contribution in [0.4, 0.5) is 0 Å². The average molecular weight is 210 g/mol. The highest BCUT2D eigenvalue weighted by atomic mass is 16.4. The smallest absolute Gasteiger partial charge is 0.307 e. The van der Waals surface area contributed by atoms with Crippen molar-refractivity contribution in [2.75, 3.05) is 6.61 Å². The number of aliphatic carboxylic acids is 1. The second-order valence-electron chi connectivity index (χ2n) is 5.62. The van der Waals surface area contributed by atoms with Crippen LogP contribution in [-0.2, 0) is 4.79 Å². The molecule has 15 heavy (non-hydrogen) atoms. The highest BCUT2D eigenvalue weighted by Gasteiger charge is 2.58. The molecule has 0 aliphatic heterocycles. The minimum atomic E-state index is -0.672. The predicted molar refractivity (Wildman–Crippen MR) is 54.1 cm³/mol. The van der Waals surface area contributed by atoms with Crippen LogP contribution in [0.25, 0.3) is 0 Å². The van der Waals surface area contributed by atoms with Gasteiger partial charge in [0, 0.05) is 6.61 Å². The van der Waals surface area contributed by atoms with E-state index in [0.717, 1.165) is 12.3 Å². The Morgan fingerprint density at radius 3 is 2.60 bits per heavy atom. The SMILES string of the molecule is O=C(O)C1C(CO)CC2C3CCC(C3)C21. The number of aliphatic hydroxyl groups excluding tert-OH is 1. The van der Waals surface area contributed by atoms with E-state index >= 15 is 0 Å². The Morgan fingerprint density at radius 1 is 1.20 bits per heavy atom. The van der Waals surface area contributed by atoms with Crippen LogP contribution in [0.3, 0.4) is 0 Å². The monoisotopic (exact) mass is 210 g/mol. The lowest BCUT2D eigenvalue weighted by atomic mass is 9.77. The van der Waals surface area contributed by atoms with Gasteiger partial charge in [-0.25, -0.2) is 0 Å². The molecular weight excluding hydrogens is 192 g/mol. The lowest BCUT2D eigenvalue weighted by Gasteiger charge is -2.27. The summed E-state index contributed by atoms with van der Waals surface area (Å²) >= 11 is 0. The minimum Gasteiger partial charge on any atom is -0.481 e. The molecule has 84 valence electrons. The van der Waals surface area contributed by atoms with Gasteiger partial charge in [-0.2, -0.15) is 0 Å². The average Bonchev–Trinajstić information content (AvgIpc) is 2.87. The van der Waals surface area contributed by atoms with Gasteiger partial charge in [-0.15, -0.1) is 0 Å². The van der Waals surface area contributed by atoms with Crippen molar-refractivity contribution in [3.8, 4) is 0 Å². The van der Waals surface area contributed by atoms with Crippen LogP contribution in [-0.4, -0.2) is 22.8 Å². The summed E-state index contributed by atoms with van der Waals surface area (Å²) < 4.78 is 0. The van der Waals surface area contributed by atoms with Crippen molar-refractivity contribution in [2.45, 2.75) is 25.7 Å². The molecule has 0 aromatic heterocycles. The fourth-order valence-electron chi connectivity index (χ4n) is 4.73. The summed E-state index contributed by atoms with van der Waals surface area (Å²) in [5, 5.41) is 18.5. The maximum absolute atomic E-state index is 11.3. The molecule has 2 bridgehead atoms. The second kappa shape index (κ2) is 3.21. The normalized spacial score (nSPS) is 52.1. The summed E-state index contributed by atoms with van der Waals surface area (Å²) in [4.78, 5) is 11.3. The minimum absolute atomic E-state index is 0.0286. The number of hydrogen-bond acceptors (Lipinski definition) is 2. The van der Waals surface area contributed by atoms with E-state index in [1.54, 1.807) is 0 Å². The number of carbonyl (C=O) groups is 1. The second-order valence-corrected chi connectivity index (χ2v) is 5.62. The Bertz CT molecular complexity index is 289. The quantitative estimate of drug-likeness (QED) is 0.723. The molecule has 3 saturated carbocycles. The van der Waals surface area contributed by atoms with Crippen LogP contribution in [0.5, 0.6) is 0 Å². The van der Waals surface area contributed by atoms with Crippen LogP contribution in [0.15, 0.2) is 0 Å². The van der Waals surface area contributed by atoms with Gasteiger partial charge < -0.3 is 10.2 Å². The third-order valence-electron chi connectivity index (χ3n) is 5.18. The molecule has 3 aliphatic carbocycles. The van der Waals surface area contributed by atoms with Crippen molar-refractivity contribution >= 4 is 5.97 Å². The number of carboxylic acid groups (broad SMARTS) is 1. The summed E-state index contributed by atoms with van der Waals surface area (Å²) in [6.07, 6.45) is 4.75. The van der Waals surface area contributed by atoms with E-state index in [1.807, 2.05) is 0 Å². The highest BCUT2D eigenvalue weighted by Crippen LogP contribution is 2.62. The van der Waals surface area contributed by atoms with Gasteiger partial charge in [0.2, 0.25) is 0 Å². The maximum atomic E-state index is 11.3. The molecule has 0 amide bonds. The molecule has 6 unspecified atom stereocenters. The van der Waals surface area contributed by atoms with Crippen LogP contribution >= 0.6 is 0 Å². The zero-order valence-corrected chi connectivity index (χ0v) is 8.80. The standard InChI is InChI=1S/C12H18O3/c13-5-8-4-9-6-1-2-7(3-6)10(9)11(8)12(14)15/h6-11,13H,1-5H2,(H,14,15). The molecule has 6 atom stereocenters. The molecule has 0 aromatic carbocycles. The fourth-order valence-corrected chi connectivity index (χ4v) is 4.73. The third-order valence-corrected chi connectivity index (χ3v) is 5.18. The summed E-state index contributed by atoms with van der Waals surface area (Å²) in [6, 6.07) is 0. The highest BCUT2D eigenvalue weighted by molar-refractivity contribution is 5.71. The van der Waals surface area contributed by atoms with Gasteiger partial charge in [-0.3, -0.25) is 4.79 Å². The van der Waals surface area contributed by atoms with Gasteiger partial charge in [0.15, 0.2) is 0 Å². The lowest BCUT2D eigenvalue weighted by molar-refractivity contribution is -0.146. The molecule has 0 heterocycles. The van der Waals surface area contributed by atoms with E-state index < -0.39 is 5.97 Å². The Labute approximate surface area is 89.5 Å². The van der Waals surface area contributed by atoms with Gasteiger partial charge >= 0.3 is 5.97 Å². The fraction of sp³-hybridized carbons (Fsp3) is 0.917. The summed E-state index contributed by atoms with van der Waals surface area (Å²) in [5.74, 6) is 1.53. The largest absolute Gasteiger partial charge is 0.481 e. The number of rotatable bonds is 2. The Hall–Kier alpha value is -0.570. The van der Waals surface area contributed by atoms with Crippen molar-refractivity contribution in [3.63, 3.8) is 0 Å². The molecule has 0 radical (unpaired) electrons. The molecule has 3 aliphatic rings. The van der Waals surface area contributed by atoms with Gasteiger partial charge in [0.1, 0.15) is 0 Å². The summed E-state index contributed by atoms with van der Waals surface area (Å²) in [5.41, 5.74) is 0. The van der Waals surface area contributed by atoms with Crippen molar-refractivity contribution in [2.24, 2.45) is 35.5 Å². The maximum Gasteiger partial charge on any atom is 0.307 e. The van der Waals surface area contributed by atoms with E-state index in [2.05, 4.69) is 0 Å². The van der Waals surface area contributed by atoms with Crippen LogP contribution in [0.2, 0.25) is 0 Å². The Kier molecular flexibility index (Phi) is 2.06. The molecule has 0 aromatic rings. The number of carboxylic acids is 1. The van der Waals surface area contributed by atoms with Crippen molar-refractivity contribution in [1.82, 2.24) is 0 Å². The summed E-state index contributed by atoms with van der Waals surface area (Å²) in [6.45, 7) is 0.0589. The van der Waals surface area contributed by atoms with Gasteiger partial charge in [-0.05, 0) is 55.3 Å².